The minimum atomic E-state index is 0.0369. The van der Waals surface area contributed by atoms with E-state index in [2.05, 4.69) is 13.8 Å². The Morgan fingerprint density at radius 1 is 1.37 bits per heavy atom. The molecule has 1 amide bonds. The van der Waals surface area contributed by atoms with E-state index in [0.29, 0.717) is 0 Å². The maximum Gasteiger partial charge on any atom is 0.236 e. The number of amides is 1. The largest absolute Gasteiger partial charge is 0.399 e. The average molecular weight is 278 g/mol. The first-order valence-corrected chi connectivity index (χ1v) is 7.87. The third kappa shape index (κ3) is 3.24. The minimum absolute atomic E-state index is 0.0369. The van der Waals surface area contributed by atoms with Gasteiger partial charge in [0, 0.05) is 23.7 Å². The van der Waals surface area contributed by atoms with Gasteiger partial charge in [-0.2, -0.15) is 0 Å². The van der Waals surface area contributed by atoms with Gasteiger partial charge in [-0.05, 0) is 43.0 Å². The van der Waals surface area contributed by atoms with Crippen molar-refractivity contribution in [3.63, 3.8) is 0 Å². The van der Waals surface area contributed by atoms with Gasteiger partial charge in [-0.3, -0.25) is 4.79 Å². The third-order valence-corrected chi connectivity index (χ3v) is 4.64. The van der Waals surface area contributed by atoms with Gasteiger partial charge in [0.25, 0.3) is 0 Å². The van der Waals surface area contributed by atoms with Crippen LogP contribution >= 0.6 is 11.8 Å². The van der Waals surface area contributed by atoms with Crippen molar-refractivity contribution in [2.45, 2.75) is 43.3 Å². The van der Waals surface area contributed by atoms with Gasteiger partial charge in [-0.25, -0.2) is 0 Å². The van der Waals surface area contributed by atoms with Gasteiger partial charge in [-0.1, -0.05) is 13.8 Å². The third-order valence-electron chi connectivity index (χ3n) is 3.33. The summed E-state index contributed by atoms with van der Waals surface area (Å²) in [6, 6.07) is 5.95. The van der Waals surface area contributed by atoms with Crippen molar-refractivity contribution in [1.29, 1.82) is 0 Å². The molecule has 1 atom stereocenters. The predicted molar refractivity (Wildman–Crippen MR) is 81.4 cm³/mol. The molecule has 0 saturated carbocycles. The van der Waals surface area contributed by atoms with E-state index in [1.165, 1.54) is 10.5 Å². The van der Waals surface area contributed by atoms with Crippen LogP contribution in [0.25, 0.3) is 0 Å². The fourth-order valence-corrected chi connectivity index (χ4v) is 3.74. The maximum absolute atomic E-state index is 12.6. The highest BCUT2D eigenvalue weighted by molar-refractivity contribution is 8.01. The second-order valence-electron chi connectivity index (χ2n) is 5.00. The van der Waals surface area contributed by atoms with E-state index < -0.39 is 0 Å². The smallest absolute Gasteiger partial charge is 0.236 e. The molecule has 1 aromatic rings. The molecule has 1 unspecified atom stereocenters. The lowest BCUT2D eigenvalue weighted by atomic mass is 10.1. The molecule has 0 aliphatic carbocycles. The van der Waals surface area contributed by atoms with E-state index >= 15 is 0 Å². The van der Waals surface area contributed by atoms with Crippen molar-refractivity contribution in [3.05, 3.63) is 23.8 Å². The predicted octanol–water partition coefficient (Wildman–Crippen LogP) is 2.93. The Morgan fingerprint density at radius 2 is 2.05 bits per heavy atom. The molecule has 0 radical (unpaired) electrons. The molecule has 3 nitrogen and oxygen atoms in total. The number of nitrogens with two attached hydrogens (primary N) is 1. The molecular weight excluding hydrogens is 256 g/mol. The molecule has 1 heterocycles. The van der Waals surface area contributed by atoms with E-state index in [9.17, 15) is 4.79 Å². The van der Waals surface area contributed by atoms with E-state index in [0.717, 1.165) is 38.0 Å². The number of fused-ring (bicyclic) bond motifs is 1. The maximum atomic E-state index is 12.6. The minimum Gasteiger partial charge on any atom is -0.399 e. The lowest BCUT2D eigenvalue weighted by Gasteiger charge is -2.24. The zero-order valence-corrected chi connectivity index (χ0v) is 12.5. The Bertz CT molecular complexity index is 455. The van der Waals surface area contributed by atoms with Crippen molar-refractivity contribution in [2.75, 3.05) is 18.8 Å². The molecule has 19 heavy (non-hydrogen) atoms. The van der Waals surface area contributed by atoms with E-state index in [4.69, 9.17) is 5.73 Å². The zero-order chi connectivity index (χ0) is 13.8. The fourth-order valence-electron chi connectivity index (χ4n) is 2.48. The molecule has 0 aromatic heterocycles. The van der Waals surface area contributed by atoms with Crippen molar-refractivity contribution in [3.8, 4) is 0 Å². The molecule has 2 N–H and O–H groups in total. The number of carbonyl (C=O) groups excluding carboxylic acids is 1. The van der Waals surface area contributed by atoms with Gasteiger partial charge >= 0.3 is 0 Å². The van der Waals surface area contributed by atoms with Gasteiger partial charge in [0.15, 0.2) is 0 Å². The normalized spacial score (nSPS) is 17.3. The van der Waals surface area contributed by atoms with E-state index in [1.807, 2.05) is 23.1 Å². The van der Waals surface area contributed by atoms with Crippen molar-refractivity contribution in [1.82, 2.24) is 4.90 Å². The molecule has 1 aromatic carbocycles. The number of nitrogens with zero attached hydrogens (tertiary/aromatic N) is 1. The molecule has 0 bridgehead atoms. The van der Waals surface area contributed by atoms with Crippen LogP contribution in [0.5, 0.6) is 0 Å². The summed E-state index contributed by atoms with van der Waals surface area (Å²) in [5, 5.41) is 0.0369. The van der Waals surface area contributed by atoms with Crippen LogP contribution in [0.1, 0.15) is 32.3 Å². The Morgan fingerprint density at radius 3 is 2.68 bits per heavy atom. The molecule has 0 fully saturated rings. The number of carbonyl (C=O) groups is 1. The standard InChI is InChI=1S/C15H22N2OS/c1-3-7-17(8-4-2)15(18)14-10-11-9-12(16)5-6-13(11)19-14/h5-6,9,14H,3-4,7-8,10,16H2,1-2H3. The van der Waals surface area contributed by atoms with Crippen LogP contribution in [0.4, 0.5) is 5.69 Å². The molecule has 1 aliphatic rings. The molecule has 1 aliphatic heterocycles. The lowest BCUT2D eigenvalue weighted by Crippen LogP contribution is -2.38. The molecule has 4 heteroatoms. The highest BCUT2D eigenvalue weighted by atomic mass is 32.2. The molecule has 2 rings (SSSR count). The lowest BCUT2D eigenvalue weighted by molar-refractivity contribution is -0.130. The summed E-state index contributed by atoms with van der Waals surface area (Å²) < 4.78 is 0. The number of hydrogen-bond acceptors (Lipinski definition) is 3. The second kappa shape index (κ2) is 6.33. The highest BCUT2D eigenvalue weighted by Crippen LogP contribution is 2.38. The summed E-state index contributed by atoms with van der Waals surface area (Å²) in [7, 11) is 0. The molecular formula is C15H22N2OS. The highest BCUT2D eigenvalue weighted by Gasteiger charge is 2.31. The molecule has 104 valence electrons. The van der Waals surface area contributed by atoms with Gasteiger partial charge in [0.05, 0.1) is 5.25 Å². The van der Waals surface area contributed by atoms with Crippen LogP contribution in [0, 0.1) is 0 Å². The van der Waals surface area contributed by atoms with Crippen molar-refractivity contribution >= 4 is 23.4 Å². The second-order valence-corrected chi connectivity index (χ2v) is 6.25. The van der Waals surface area contributed by atoms with Crippen molar-refractivity contribution in [2.24, 2.45) is 0 Å². The Hall–Kier alpha value is -1.16. The first-order chi connectivity index (χ1) is 9.15. The Kier molecular flexibility index (Phi) is 4.75. The summed E-state index contributed by atoms with van der Waals surface area (Å²) in [5.74, 6) is 0.281. The van der Waals surface area contributed by atoms with Gasteiger partial charge in [0.2, 0.25) is 5.91 Å². The molecule has 0 spiro atoms. The van der Waals surface area contributed by atoms with Crippen LogP contribution in [-0.4, -0.2) is 29.1 Å². The van der Waals surface area contributed by atoms with Crippen LogP contribution in [0.15, 0.2) is 23.1 Å². The Balaban J connectivity index is 2.06. The summed E-state index contributed by atoms with van der Waals surface area (Å²) >= 11 is 1.69. The average Bonchev–Trinajstić information content (AvgIpc) is 2.80. The number of nitrogen functional groups attached to an aromatic ring is 1. The number of benzene rings is 1. The van der Waals surface area contributed by atoms with E-state index in [-0.39, 0.29) is 11.2 Å². The summed E-state index contributed by atoms with van der Waals surface area (Å²) in [5.41, 5.74) is 7.81. The van der Waals surface area contributed by atoms with Gasteiger partial charge in [-0.15, -0.1) is 11.8 Å². The van der Waals surface area contributed by atoms with Gasteiger partial charge in [0.1, 0.15) is 0 Å². The zero-order valence-electron chi connectivity index (χ0n) is 11.7. The number of rotatable bonds is 5. The summed E-state index contributed by atoms with van der Waals surface area (Å²) in [6.45, 7) is 5.96. The van der Waals surface area contributed by atoms with Crippen LogP contribution in [0.2, 0.25) is 0 Å². The number of anilines is 1. The fraction of sp³-hybridized carbons (Fsp3) is 0.533. The first-order valence-electron chi connectivity index (χ1n) is 6.99. The summed E-state index contributed by atoms with van der Waals surface area (Å²) in [6.07, 6.45) is 2.85. The molecule has 0 saturated heterocycles. The monoisotopic (exact) mass is 278 g/mol. The topological polar surface area (TPSA) is 46.3 Å². The van der Waals surface area contributed by atoms with Crippen molar-refractivity contribution < 1.29 is 4.79 Å². The Labute approximate surface area is 119 Å². The van der Waals surface area contributed by atoms with Crippen LogP contribution in [-0.2, 0) is 11.2 Å². The summed E-state index contributed by atoms with van der Waals surface area (Å²) in [4.78, 5) is 15.8. The number of thioether (sulfide) groups is 1. The number of hydrogen-bond donors (Lipinski definition) is 1. The van der Waals surface area contributed by atoms with Gasteiger partial charge < -0.3 is 10.6 Å². The van der Waals surface area contributed by atoms with Crippen LogP contribution < -0.4 is 5.73 Å². The first kappa shape index (κ1) is 14.3. The van der Waals surface area contributed by atoms with E-state index in [1.54, 1.807) is 11.8 Å². The quantitative estimate of drug-likeness (QED) is 0.842. The van der Waals surface area contributed by atoms with Crippen LogP contribution in [0.3, 0.4) is 0 Å². The SMILES string of the molecule is CCCN(CCC)C(=O)C1Cc2cc(N)ccc2S1.